The lowest BCUT2D eigenvalue weighted by Gasteiger charge is -2.12. The van der Waals surface area contributed by atoms with E-state index < -0.39 is 10.8 Å². The SMILES string of the molecule is COc1ccc(Br)cc1C(=O)NC(=S)Nc1cccc([N+](=O)[O-])c1. The number of hydrogen-bond donors (Lipinski definition) is 2. The van der Waals surface area contributed by atoms with Gasteiger partial charge < -0.3 is 10.1 Å². The van der Waals surface area contributed by atoms with Gasteiger partial charge >= 0.3 is 0 Å². The molecule has 0 aromatic heterocycles. The van der Waals surface area contributed by atoms with Gasteiger partial charge in [-0.2, -0.15) is 0 Å². The number of amides is 1. The molecule has 9 heteroatoms. The van der Waals surface area contributed by atoms with Gasteiger partial charge in [0.25, 0.3) is 11.6 Å². The molecular formula is C15H12BrN3O4S. The van der Waals surface area contributed by atoms with E-state index in [0.29, 0.717) is 21.5 Å². The van der Waals surface area contributed by atoms with Crippen molar-refractivity contribution in [1.82, 2.24) is 5.32 Å². The van der Waals surface area contributed by atoms with Gasteiger partial charge in [0.2, 0.25) is 0 Å². The number of nitro groups is 1. The van der Waals surface area contributed by atoms with Crippen LogP contribution in [-0.4, -0.2) is 23.1 Å². The Morgan fingerprint density at radius 1 is 1.29 bits per heavy atom. The number of hydrogen-bond acceptors (Lipinski definition) is 5. The lowest BCUT2D eigenvalue weighted by Crippen LogP contribution is -2.34. The number of benzene rings is 2. The van der Waals surface area contributed by atoms with Crippen LogP contribution in [0, 0.1) is 10.1 Å². The molecule has 0 saturated carbocycles. The van der Waals surface area contributed by atoms with Gasteiger partial charge in [-0.05, 0) is 36.5 Å². The number of nitro benzene ring substituents is 1. The van der Waals surface area contributed by atoms with Gasteiger partial charge in [0.05, 0.1) is 17.6 Å². The predicted molar refractivity (Wildman–Crippen MR) is 97.5 cm³/mol. The molecule has 0 fully saturated rings. The Morgan fingerprint density at radius 2 is 2.04 bits per heavy atom. The molecule has 2 rings (SSSR count). The van der Waals surface area contributed by atoms with Gasteiger partial charge in [0.15, 0.2) is 5.11 Å². The molecule has 0 bridgehead atoms. The van der Waals surface area contributed by atoms with E-state index in [1.807, 2.05) is 0 Å². The highest BCUT2D eigenvalue weighted by Crippen LogP contribution is 2.23. The number of halogens is 1. The number of thiocarbonyl (C=S) groups is 1. The molecule has 0 unspecified atom stereocenters. The number of anilines is 1. The fraction of sp³-hybridized carbons (Fsp3) is 0.0667. The van der Waals surface area contributed by atoms with Gasteiger partial charge in [-0.25, -0.2) is 0 Å². The van der Waals surface area contributed by atoms with Gasteiger partial charge in [0, 0.05) is 22.3 Å². The summed E-state index contributed by atoms with van der Waals surface area (Å²) >= 11 is 8.36. The predicted octanol–water partition coefficient (Wildman–Crippen LogP) is 3.49. The van der Waals surface area contributed by atoms with Crippen LogP contribution in [0.2, 0.25) is 0 Å². The number of rotatable bonds is 4. The summed E-state index contributed by atoms with van der Waals surface area (Å²) in [6.45, 7) is 0. The first-order valence-electron chi connectivity index (χ1n) is 6.61. The standard InChI is InChI=1S/C15H12BrN3O4S/c1-23-13-6-5-9(16)7-12(13)14(20)18-15(24)17-10-3-2-4-11(8-10)19(21)22/h2-8H,1H3,(H2,17,18,20,24). The normalized spacial score (nSPS) is 9.92. The number of carbonyl (C=O) groups is 1. The molecule has 0 aliphatic rings. The fourth-order valence-corrected chi connectivity index (χ4v) is 2.46. The summed E-state index contributed by atoms with van der Waals surface area (Å²) < 4.78 is 5.86. The minimum atomic E-state index is -0.515. The van der Waals surface area contributed by atoms with E-state index in [9.17, 15) is 14.9 Å². The zero-order valence-corrected chi connectivity index (χ0v) is 14.8. The lowest BCUT2D eigenvalue weighted by molar-refractivity contribution is -0.384. The van der Waals surface area contributed by atoms with E-state index in [4.69, 9.17) is 17.0 Å². The van der Waals surface area contributed by atoms with Gasteiger partial charge in [-0.15, -0.1) is 0 Å². The average molecular weight is 410 g/mol. The van der Waals surface area contributed by atoms with Crippen molar-refractivity contribution in [3.63, 3.8) is 0 Å². The summed E-state index contributed by atoms with van der Waals surface area (Å²) in [5, 5.41) is 16.0. The average Bonchev–Trinajstić information content (AvgIpc) is 2.54. The topological polar surface area (TPSA) is 93.5 Å². The first kappa shape index (κ1) is 17.8. The van der Waals surface area contributed by atoms with Crippen LogP contribution in [0.5, 0.6) is 5.75 Å². The molecule has 0 radical (unpaired) electrons. The summed E-state index contributed by atoms with van der Waals surface area (Å²) in [4.78, 5) is 22.6. The first-order chi connectivity index (χ1) is 11.4. The van der Waals surface area contributed by atoms with Gasteiger partial charge in [0.1, 0.15) is 5.75 Å². The van der Waals surface area contributed by atoms with Crippen molar-refractivity contribution in [1.29, 1.82) is 0 Å². The molecule has 1 amide bonds. The number of nitrogens with one attached hydrogen (secondary N) is 2. The van der Waals surface area contributed by atoms with Crippen LogP contribution in [0.4, 0.5) is 11.4 Å². The first-order valence-corrected chi connectivity index (χ1v) is 7.81. The van der Waals surface area contributed by atoms with E-state index in [1.165, 1.54) is 25.3 Å². The molecule has 0 heterocycles. The second-order valence-corrected chi connectivity index (χ2v) is 5.88. The Kier molecular flexibility index (Phi) is 5.83. The van der Waals surface area contributed by atoms with Gasteiger partial charge in [-0.3, -0.25) is 20.2 Å². The van der Waals surface area contributed by atoms with Crippen LogP contribution in [0.15, 0.2) is 46.9 Å². The van der Waals surface area contributed by atoms with Crippen LogP contribution in [-0.2, 0) is 0 Å². The zero-order chi connectivity index (χ0) is 17.7. The third-order valence-electron chi connectivity index (χ3n) is 2.95. The Bertz CT molecular complexity index is 813. The molecule has 0 aliphatic carbocycles. The van der Waals surface area contributed by atoms with E-state index in [0.717, 1.165) is 0 Å². The van der Waals surface area contributed by atoms with E-state index in [1.54, 1.807) is 24.3 Å². The molecule has 2 aromatic rings. The largest absolute Gasteiger partial charge is 0.496 e. The van der Waals surface area contributed by atoms with Crippen molar-refractivity contribution >= 4 is 50.5 Å². The third-order valence-corrected chi connectivity index (χ3v) is 3.65. The maximum atomic E-state index is 12.3. The van der Waals surface area contributed by atoms with Crippen molar-refractivity contribution < 1.29 is 14.5 Å². The lowest BCUT2D eigenvalue weighted by atomic mass is 10.2. The summed E-state index contributed by atoms with van der Waals surface area (Å²) in [7, 11) is 1.46. The molecule has 0 atom stereocenters. The Labute approximate surface area is 151 Å². The van der Waals surface area contributed by atoms with Crippen LogP contribution < -0.4 is 15.4 Å². The fourth-order valence-electron chi connectivity index (χ4n) is 1.89. The van der Waals surface area contributed by atoms with Gasteiger partial charge in [-0.1, -0.05) is 22.0 Å². The van der Waals surface area contributed by atoms with Crippen molar-refractivity contribution in [3.05, 3.63) is 62.6 Å². The summed E-state index contributed by atoms with van der Waals surface area (Å²) in [6.07, 6.45) is 0. The Morgan fingerprint density at radius 3 is 2.71 bits per heavy atom. The summed E-state index contributed by atoms with van der Waals surface area (Å²) in [6, 6.07) is 10.8. The van der Waals surface area contributed by atoms with Crippen molar-refractivity contribution in [2.75, 3.05) is 12.4 Å². The minimum Gasteiger partial charge on any atom is -0.496 e. The molecule has 2 aromatic carbocycles. The third kappa shape index (κ3) is 4.49. The van der Waals surface area contributed by atoms with Crippen molar-refractivity contribution in [2.24, 2.45) is 0 Å². The summed E-state index contributed by atoms with van der Waals surface area (Å²) in [5.41, 5.74) is 0.619. The highest BCUT2D eigenvalue weighted by molar-refractivity contribution is 9.10. The molecule has 124 valence electrons. The number of non-ortho nitro benzene ring substituents is 1. The highest BCUT2D eigenvalue weighted by Gasteiger charge is 2.14. The van der Waals surface area contributed by atoms with Crippen molar-refractivity contribution in [3.8, 4) is 5.75 Å². The van der Waals surface area contributed by atoms with E-state index in [2.05, 4.69) is 26.6 Å². The van der Waals surface area contributed by atoms with Crippen LogP contribution in [0.1, 0.15) is 10.4 Å². The molecular weight excluding hydrogens is 398 g/mol. The molecule has 0 spiro atoms. The molecule has 0 aliphatic heterocycles. The maximum absolute atomic E-state index is 12.3. The second-order valence-electron chi connectivity index (χ2n) is 4.56. The highest BCUT2D eigenvalue weighted by atomic mass is 79.9. The number of nitrogens with zero attached hydrogens (tertiary/aromatic N) is 1. The number of methoxy groups -OCH3 is 1. The number of carbonyl (C=O) groups excluding carboxylic acids is 1. The van der Waals surface area contributed by atoms with Crippen molar-refractivity contribution in [2.45, 2.75) is 0 Å². The molecule has 0 saturated heterocycles. The Hall–Kier alpha value is -2.52. The van der Waals surface area contributed by atoms with Crippen LogP contribution in [0.3, 0.4) is 0 Å². The van der Waals surface area contributed by atoms with E-state index >= 15 is 0 Å². The minimum absolute atomic E-state index is 0.0162. The van der Waals surface area contributed by atoms with Crippen LogP contribution >= 0.6 is 28.1 Å². The second kappa shape index (κ2) is 7.84. The smallest absolute Gasteiger partial charge is 0.271 e. The quantitative estimate of drug-likeness (QED) is 0.455. The van der Waals surface area contributed by atoms with Crippen LogP contribution in [0.25, 0.3) is 0 Å². The zero-order valence-electron chi connectivity index (χ0n) is 12.4. The number of ether oxygens (including phenoxy) is 1. The van der Waals surface area contributed by atoms with E-state index in [-0.39, 0.29) is 10.8 Å². The maximum Gasteiger partial charge on any atom is 0.271 e. The molecule has 24 heavy (non-hydrogen) atoms. The summed E-state index contributed by atoms with van der Waals surface area (Å²) in [5.74, 6) is -0.0649. The Balaban J connectivity index is 2.10. The molecule has 7 nitrogen and oxygen atoms in total. The molecule has 2 N–H and O–H groups in total. The monoisotopic (exact) mass is 409 g/mol.